The quantitative estimate of drug-likeness (QED) is 0.736. The first-order valence-electron chi connectivity index (χ1n) is 7.48. The van der Waals surface area contributed by atoms with Crippen molar-refractivity contribution in [2.45, 2.75) is 19.3 Å². The van der Waals surface area contributed by atoms with Gasteiger partial charge in [-0.25, -0.2) is 10.0 Å². The Bertz CT molecular complexity index is 228. The van der Waals surface area contributed by atoms with Crippen LogP contribution in [0, 0.1) is 5.92 Å². The zero-order chi connectivity index (χ0) is 13.0. The summed E-state index contributed by atoms with van der Waals surface area (Å²) in [6.07, 6.45) is 4.17. The van der Waals surface area contributed by atoms with E-state index in [2.05, 4.69) is 41.0 Å². The molecule has 0 unspecified atom stereocenters. The van der Waals surface area contributed by atoms with Crippen molar-refractivity contribution < 1.29 is 0 Å². The van der Waals surface area contributed by atoms with Crippen LogP contribution < -0.4 is 0 Å². The molecule has 0 bridgehead atoms. The molecule has 0 amide bonds. The van der Waals surface area contributed by atoms with Crippen LogP contribution in [0.3, 0.4) is 0 Å². The fourth-order valence-electron chi connectivity index (χ4n) is 3.04. The van der Waals surface area contributed by atoms with Crippen LogP contribution in [0.4, 0.5) is 0 Å². The Morgan fingerprint density at radius 1 is 0.944 bits per heavy atom. The predicted molar refractivity (Wildman–Crippen MR) is 76.5 cm³/mol. The molecule has 0 aliphatic carbocycles. The predicted octanol–water partition coefficient (Wildman–Crippen LogP) is 0.813. The number of likely N-dealkylation sites (N-methyl/N-ethyl adjacent to an activating group) is 1. The molecular weight excluding hydrogens is 224 g/mol. The number of piperazine rings is 1. The zero-order valence-electron chi connectivity index (χ0n) is 12.4. The number of piperidine rings is 1. The molecular formula is C14H30N4. The van der Waals surface area contributed by atoms with Crippen molar-refractivity contribution in [1.82, 2.24) is 19.8 Å². The Kier molecular flexibility index (Phi) is 5.42. The second-order valence-corrected chi connectivity index (χ2v) is 6.18. The number of hydrogen-bond donors (Lipinski definition) is 0. The van der Waals surface area contributed by atoms with Crippen LogP contribution in [0.25, 0.3) is 0 Å². The number of hydrazine groups is 1. The largest absolute Gasteiger partial charge is 0.304 e. The van der Waals surface area contributed by atoms with Crippen molar-refractivity contribution in [2.24, 2.45) is 5.92 Å². The Hall–Kier alpha value is -0.160. The van der Waals surface area contributed by atoms with Crippen LogP contribution >= 0.6 is 0 Å². The zero-order valence-corrected chi connectivity index (χ0v) is 12.4. The van der Waals surface area contributed by atoms with Crippen molar-refractivity contribution in [1.29, 1.82) is 0 Å². The monoisotopic (exact) mass is 254 g/mol. The minimum atomic E-state index is 0.959. The van der Waals surface area contributed by atoms with E-state index in [1.807, 2.05) is 0 Å². The van der Waals surface area contributed by atoms with Gasteiger partial charge >= 0.3 is 0 Å². The summed E-state index contributed by atoms with van der Waals surface area (Å²) in [5, 5.41) is 4.71. The first-order valence-corrected chi connectivity index (χ1v) is 7.48. The van der Waals surface area contributed by atoms with E-state index < -0.39 is 0 Å². The lowest BCUT2D eigenvalue weighted by atomic mass is 9.94. The first-order chi connectivity index (χ1) is 8.65. The highest BCUT2D eigenvalue weighted by atomic mass is 15.6. The SMILES string of the molecule is CN1CCN(CCC2CCN(N(C)C)CC2)CC1. The number of nitrogens with zero attached hydrogens (tertiary/aromatic N) is 4. The van der Waals surface area contributed by atoms with E-state index in [4.69, 9.17) is 0 Å². The second-order valence-electron chi connectivity index (χ2n) is 6.18. The van der Waals surface area contributed by atoms with Gasteiger partial charge in [0.1, 0.15) is 0 Å². The fourth-order valence-corrected chi connectivity index (χ4v) is 3.04. The van der Waals surface area contributed by atoms with Crippen molar-refractivity contribution >= 4 is 0 Å². The minimum Gasteiger partial charge on any atom is -0.304 e. The summed E-state index contributed by atoms with van der Waals surface area (Å²) in [7, 11) is 6.55. The lowest BCUT2D eigenvalue weighted by Crippen LogP contribution is -2.46. The molecule has 4 nitrogen and oxygen atoms in total. The molecule has 2 heterocycles. The molecule has 0 aromatic carbocycles. The highest BCUT2D eigenvalue weighted by Gasteiger charge is 2.21. The minimum absolute atomic E-state index is 0.959. The van der Waals surface area contributed by atoms with Crippen LogP contribution in [0.15, 0.2) is 0 Å². The third-order valence-electron chi connectivity index (χ3n) is 4.61. The molecule has 0 N–H and O–H groups in total. The molecule has 4 heteroatoms. The maximum Gasteiger partial charge on any atom is 0.0135 e. The van der Waals surface area contributed by atoms with Crippen LogP contribution in [-0.4, -0.2) is 86.8 Å². The summed E-state index contributed by atoms with van der Waals surface area (Å²) in [4.78, 5) is 5.09. The van der Waals surface area contributed by atoms with E-state index in [-0.39, 0.29) is 0 Å². The van der Waals surface area contributed by atoms with Gasteiger partial charge in [-0.15, -0.1) is 0 Å². The summed E-state index contributed by atoms with van der Waals surface area (Å²) in [6, 6.07) is 0. The molecule has 0 aromatic heterocycles. The molecule has 0 aromatic rings. The topological polar surface area (TPSA) is 13.0 Å². The lowest BCUT2D eigenvalue weighted by molar-refractivity contribution is -0.00892. The molecule has 106 valence electrons. The second kappa shape index (κ2) is 6.85. The Morgan fingerprint density at radius 2 is 1.56 bits per heavy atom. The average molecular weight is 254 g/mol. The standard InChI is InChI=1S/C14H30N4/c1-15(2)18-8-5-14(6-9-18)4-7-17-12-10-16(3)11-13-17/h14H,4-13H2,1-3H3. The molecule has 18 heavy (non-hydrogen) atoms. The molecule has 2 aliphatic heterocycles. The van der Waals surface area contributed by atoms with E-state index in [1.54, 1.807) is 0 Å². The van der Waals surface area contributed by atoms with Gasteiger partial charge in [0.2, 0.25) is 0 Å². The van der Waals surface area contributed by atoms with Crippen molar-refractivity contribution in [3.8, 4) is 0 Å². The van der Waals surface area contributed by atoms with Crippen molar-refractivity contribution in [3.63, 3.8) is 0 Å². The third kappa shape index (κ3) is 4.19. The van der Waals surface area contributed by atoms with Crippen LogP contribution in [0.5, 0.6) is 0 Å². The van der Waals surface area contributed by atoms with Gasteiger partial charge in [-0.3, -0.25) is 0 Å². The van der Waals surface area contributed by atoms with Crippen molar-refractivity contribution in [2.75, 3.05) is 67.0 Å². The smallest absolute Gasteiger partial charge is 0.0135 e. The summed E-state index contributed by atoms with van der Waals surface area (Å²) >= 11 is 0. The first kappa shape index (κ1) is 14.3. The normalized spacial score (nSPS) is 26.0. The fraction of sp³-hybridized carbons (Fsp3) is 1.00. The summed E-state index contributed by atoms with van der Waals surface area (Å²) in [6.45, 7) is 8.86. The van der Waals surface area contributed by atoms with E-state index in [1.165, 1.54) is 65.1 Å². The van der Waals surface area contributed by atoms with Crippen LogP contribution in [-0.2, 0) is 0 Å². The number of hydrogen-bond acceptors (Lipinski definition) is 4. The Labute approximate surface area is 112 Å². The van der Waals surface area contributed by atoms with Crippen LogP contribution in [0.1, 0.15) is 19.3 Å². The highest BCUT2D eigenvalue weighted by molar-refractivity contribution is 4.74. The molecule has 0 spiro atoms. The lowest BCUT2D eigenvalue weighted by Gasteiger charge is -2.37. The van der Waals surface area contributed by atoms with Gasteiger partial charge in [-0.05, 0) is 38.8 Å². The molecule has 2 rings (SSSR count). The summed E-state index contributed by atoms with van der Waals surface area (Å²) < 4.78 is 0. The van der Waals surface area contributed by atoms with Gasteiger partial charge in [-0.2, -0.15) is 0 Å². The van der Waals surface area contributed by atoms with Gasteiger partial charge in [0.25, 0.3) is 0 Å². The highest BCUT2D eigenvalue weighted by Crippen LogP contribution is 2.21. The maximum absolute atomic E-state index is 2.65. The van der Waals surface area contributed by atoms with E-state index in [0.29, 0.717) is 0 Å². The summed E-state index contributed by atoms with van der Waals surface area (Å²) in [5.74, 6) is 0.959. The van der Waals surface area contributed by atoms with Gasteiger partial charge in [0.15, 0.2) is 0 Å². The molecule has 2 fully saturated rings. The Morgan fingerprint density at radius 3 is 2.11 bits per heavy atom. The van der Waals surface area contributed by atoms with E-state index >= 15 is 0 Å². The Balaban J connectivity index is 1.60. The van der Waals surface area contributed by atoms with Crippen LogP contribution in [0.2, 0.25) is 0 Å². The van der Waals surface area contributed by atoms with Gasteiger partial charge in [-0.1, -0.05) is 0 Å². The van der Waals surface area contributed by atoms with Gasteiger partial charge in [0, 0.05) is 53.4 Å². The van der Waals surface area contributed by atoms with Crippen molar-refractivity contribution in [3.05, 3.63) is 0 Å². The third-order valence-corrected chi connectivity index (χ3v) is 4.61. The van der Waals surface area contributed by atoms with E-state index in [9.17, 15) is 0 Å². The van der Waals surface area contributed by atoms with Gasteiger partial charge < -0.3 is 9.80 Å². The van der Waals surface area contributed by atoms with Gasteiger partial charge in [0.05, 0.1) is 0 Å². The van der Waals surface area contributed by atoms with E-state index in [0.717, 1.165) is 5.92 Å². The number of rotatable bonds is 4. The summed E-state index contributed by atoms with van der Waals surface area (Å²) in [5.41, 5.74) is 0. The average Bonchev–Trinajstić information content (AvgIpc) is 2.38. The molecule has 0 radical (unpaired) electrons. The molecule has 2 aliphatic rings. The maximum atomic E-state index is 2.65. The molecule has 0 saturated carbocycles. The molecule has 2 saturated heterocycles. The molecule has 0 atom stereocenters.